The second-order valence-corrected chi connectivity index (χ2v) is 5.29. The summed E-state index contributed by atoms with van der Waals surface area (Å²) >= 11 is 0. The molecule has 1 aromatic heterocycles. The summed E-state index contributed by atoms with van der Waals surface area (Å²) in [4.78, 5) is 15.0. The molecule has 5 heteroatoms. The van der Waals surface area contributed by atoms with Gasteiger partial charge in [0.1, 0.15) is 17.0 Å². The van der Waals surface area contributed by atoms with Gasteiger partial charge in [-0.3, -0.25) is 0 Å². The quantitative estimate of drug-likeness (QED) is 0.768. The van der Waals surface area contributed by atoms with Gasteiger partial charge < -0.3 is 15.5 Å². The molecule has 0 fully saturated rings. The van der Waals surface area contributed by atoms with Gasteiger partial charge in [0.05, 0.1) is 11.6 Å². The fraction of sp³-hybridized carbons (Fsp3) is 0.286. The van der Waals surface area contributed by atoms with Crippen LogP contribution in [0, 0.1) is 11.3 Å². The van der Waals surface area contributed by atoms with Crippen molar-refractivity contribution >= 4 is 22.7 Å². The van der Waals surface area contributed by atoms with Crippen molar-refractivity contribution in [2.24, 2.45) is 0 Å². The first-order valence-corrected chi connectivity index (χ1v) is 5.86. The number of nitriles is 1. The summed E-state index contributed by atoms with van der Waals surface area (Å²) in [6.07, 6.45) is 0. The summed E-state index contributed by atoms with van der Waals surface area (Å²) in [5.74, 6) is -0.222. The van der Waals surface area contributed by atoms with Crippen LogP contribution in [-0.2, 0) is 4.74 Å². The number of fused-ring (bicyclic) bond motifs is 1. The molecule has 0 spiro atoms. The molecule has 3 N–H and O–H groups in total. The van der Waals surface area contributed by atoms with Crippen LogP contribution in [0.15, 0.2) is 18.2 Å². The lowest BCUT2D eigenvalue weighted by molar-refractivity contribution is 0.00732. The molecule has 0 aliphatic heterocycles. The number of aromatic amines is 1. The Morgan fingerprint density at radius 1 is 1.42 bits per heavy atom. The zero-order valence-corrected chi connectivity index (χ0v) is 11.1. The van der Waals surface area contributed by atoms with Gasteiger partial charge in [0.15, 0.2) is 0 Å². The summed E-state index contributed by atoms with van der Waals surface area (Å²) in [6.45, 7) is 5.39. The number of H-pyrrole nitrogens is 1. The van der Waals surface area contributed by atoms with Crippen LogP contribution in [0.5, 0.6) is 0 Å². The number of nitrogen functional groups attached to an aromatic ring is 1. The molecule has 0 aliphatic carbocycles. The molecular formula is C14H15N3O2. The number of hydrogen-bond donors (Lipinski definition) is 2. The van der Waals surface area contributed by atoms with Crippen molar-refractivity contribution in [3.63, 3.8) is 0 Å². The molecule has 0 unspecified atom stereocenters. The van der Waals surface area contributed by atoms with Crippen molar-refractivity contribution in [3.8, 4) is 6.07 Å². The maximum Gasteiger partial charge on any atom is 0.343 e. The predicted octanol–water partition coefficient (Wildman–Crippen LogP) is 2.58. The lowest BCUT2D eigenvalue weighted by Gasteiger charge is -2.19. The standard InChI is InChI=1S/C14H15N3O2/c1-14(2,3)19-13(18)11-9-5-4-8(7-15)6-10(9)17-12(11)16/h4-6,17H,16H2,1-3H3. The van der Waals surface area contributed by atoms with Crippen molar-refractivity contribution in [2.45, 2.75) is 26.4 Å². The highest BCUT2D eigenvalue weighted by Crippen LogP contribution is 2.27. The topological polar surface area (TPSA) is 91.9 Å². The minimum absolute atomic E-state index is 0.249. The van der Waals surface area contributed by atoms with E-state index in [0.29, 0.717) is 22.0 Å². The van der Waals surface area contributed by atoms with Crippen LogP contribution in [0.25, 0.3) is 10.9 Å². The van der Waals surface area contributed by atoms with E-state index in [1.165, 1.54) is 0 Å². The van der Waals surface area contributed by atoms with Crippen molar-refractivity contribution in [3.05, 3.63) is 29.3 Å². The molecule has 1 heterocycles. The molecule has 98 valence electrons. The van der Waals surface area contributed by atoms with Crippen molar-refractivity contribution in [1.82, 2.24) is 4.98 Å². The maximum absolute atomic E-state index is 12.1. The van der Waals surface area contributed by atoms with E-state index in [1.54, 1.807) is 39.0 Å². The third-order valence-corrected chi connectivity index (χ3v) is 2.56. The number of nitrogens with one attached hydrogen (secondary N) is 1. The number of ether oxygens (including phenoxy) is 1. The molecule has 1 aromatic carbocycles. The van der Waals surface area contributed by atoms with Gasteiger partial charge >= 0.3 is 5.97 Å². The van der Waals surface area contributed by atoms with Crippen molar-refractivity contribution < 1.29 is 9.53 Å². The second kappa shape index (κ2) is 4.32. The number of carbonyl (C=O) groups excluding carboxylic acids is 1. The van der Waals surface area contributed by atoms with Gasteiger partial charge in [-0.1, -0.05) is 6.07 Å². The Morgan fingerprint density at radius 2 is 2.11 bits per heavy atom. The molecular weight excluding hydrogens is 242 g/mol. The smallest absolute Gasteiger partial charge is 0.343 e. The van der Waals surface area contributed by atoms with Gasteiger partial charge in [-0.25, -0.2) is 4.79 Å². The predicted molar refractivity (Wildman–Crippen MR) is 72.6 cm³/mol. The van der Waals surface area contributed by atoms with E-state index in [2.05, 4.69) is 4.98 Å². The van der Waals surface area contributed by atoms with E-state index in [-0.39, 0.29) is 5.82 Å². The largest absolute Gasteiger partial charge is 0.456 e. The normalized spacial score (nSPS) is 11.3. The zero-order valence-electron chi connectivity index (χ0n) is 11.1. The van der Waals surface area contributed by atoms with Crippen LogP contribution in [0.3, 0.4) is 0 Å². The molecule has 2 aromatic rings. The molecule has 0 saturated carbocycles. The summed E-state index contributed by atoms with van der Waals surface area (Å²) in [5.41, 5.74) is 6.71. The van der Waals surface area contributed by atoms with E-state index in [9.17, 15) is 4.79 Å². The Morgan fingerprint density at radius 3 is 2.68 bits per heavy atom. The monoisotopic (exact) mass is 257 g/mol. The van der Waals surface area contributed by atoms with Crippen molar-refractivity contribution in [1.29, 1.82) is 5.26 Å². The number of benzene rings is 1. The van der Waals surface area contributed by atoms with Gasteiger partial charge in [-0.2, -0.15) is 5.26 Å². The van der Waals surface area contributed by atoms with E-state index in [4.69, 9.17) is 15.7 Å². The molecule has 0 atom stereocenters. The highest BCUT2D eigenvalue weighted by molar-refractivity contribution is 6.09. The van der Waals surface area contributed by atoms with E-state index < -0.39 is 11.6 Å². The number of aromatic nitrogens is 1. The number of hydrogen-bond acceptors (Lipinski definition) is 4. The average Bonchev–Trinajstić information content (AvgIpc) is 2.61. The number of esters is 1. The van der Waals surface area contributed by atoms with Crippen LogP contribution in [0.4, 0.5) is 5.82 Å². The van der Waals surface area contributed by atoms with E-state index in [0.717, 1.165) is 0 Å². The number of nitrogens with zero attached hydrogens (tertiary/aromatic N) is 1. The van der Waals surface area contributed by atoms with Crippen LogP contribution in [0.1, 0.15) is 36.7 Å². The van der Waals surface area contributed by atoms with Crippen LogP contribution in [-0.4, -0.2) is 16.6 Å². The Bertz CT molecular complexity index is 687. The fourth-order valence-electron chi connectivity index (χ4n) is 1.84. The molecule has 5 nitrogen and oxygen atoms in total. The third-order valence-electron chi connectivity index (χ3n) is 2.56. The third kappa shape index (κ3) is 2.52. The minimum atomic E-state index is -0.584. The minimum Gasteiger partial charge on any atom is -0.456 e. The Hall–Kier alpha value is -2.48. The fourth-order valence-corrected chi connectivity index (χ4v) is 1.84. The number of nitrogens with two attached hydrogens (primary N) is 1. The van der Waals surface area contributed by atoms with Gasteiger partial charge in [0, 0.05) is 10.9 Å². The van der Waals surface area contributed by atoms with Gasteiger partial charge in [-0.05, 0) is 32.9 Å². The number of anilines is 1. The molecule has 0 saturated heterocycles. The number of rotatable bonds is 1. The average molecular weight is 257 g/mol. The molecule has 2 rings (SSSR count). The highest BCUT2D eigenvalue weighted by Gasteiger charge is 2.23. The lowest BCUT2D eigenvalue weighted by Crippen LogP contribution is -2.24. The lowest BCUT2D eigenvalue weighted by atomic mass is 10.1. The summed E-state index contributed by atoms with van der Waals surface area (Å²) in [6, 6.07) is 7.03. The highest BCUT2D eigenvalue weighted by atomic mass is 16.6. The van der Waals surface area contributed by atoms with Gasteiger partial charge in [0.2, 0.25) is 0 Å². The van der Waals surface area contributed by atoms with E-state index in [1.807, 2.05) is 6.07 Å². The molecule has 0 aliphatic rings. The second-order valence-electron chi connectivity index (χ2n) is 5.29. The first-order chi connectivity index (χ1) is 8.81. The summed E-state index contributed by atoms with van der Waals surface area (Å²) in [7, 11) is 0. The zero-order chi connectivity index (χ0) is 14.2. The van der Waals surface area contributed by atoms with Gasteiger partial charge in [0.25, 0.3) is 0 Å². The molecule has 0 bridgehead atoms. The Kier molecular flexibility index (Phi) is 2.95. The van der Waals surface area contributed by atoms with Crippen LogP contribution < -0.4 is 5.73 Å². The maximum atomic E-state index is 12.1. The first-order valence-electron chi connectivity index (χ1n) is 5.86. The first kappa shape index (κ1) is 13.0. The van der Waals surface area contributed by atoms with Crippen LogP contribution in [0.2, 0.25) is 0 Å². The molecule has 19 heavy (non-hydrogen) atoms. The van der Waals surface area contributed by atoms with Crippen molar-refractivity contribution in [2.75, 3.05) is 5.73 Å². The Labute approximate surface area is 111 Å². The van der Waals surface area contributed by atoms with Crippen LogP contribution >= 0.6 is 0 Å². The molecule has 0 radical (unpaired) electrons. The Balaban J connectivity index is 2.52. The van der Waals surface area contributed by atoms with E-state index >= 15 is 0 Å². The summed E-state index contributed by atoms with van der Waals surface area (Å²) < 4.78 is 5.32. The molecule has 0 amide bonds. The SMILES string of the molecule is CC(C)(C)OC(=O)c1c(N)[nH]c2cc(C#N)ccc12. The number of carbonyl (C=O) groups is 1. The van der Waals surface area contributed by atoms with Gasteiger partial charge in [-0.15, -0.1) is 0 Å². The summed E-state index contributed by atoms with van der Waals surface area (Å²) in [5, 5.41) is 9.51.